The van der Waals surface area contributed by atoms with E-state index >= 15 is 0 Å². The Labute approximate surface area is 121 Å². The molecule has 0 aliphatic rings. The van der Waals surface area contributed by atoms with E-state index < -0.39 is 18.8 Å². The van der Waals surface area contributed by atoms with Gasteiger partial charge in [-0.3, -0.25) is 4.79 Å². The topological polar surface area (TPSA) is 52.6 Å². The molecule has 1 aromatic carbocycles. The number of alkyl halides is 3. The lowest BCUT2D eigenvalue weighted by molar-refractivity contribution is -0.207. The van der Waals surface area contributed by atoms with Gasteiger partial charge in [0.05, 0.1) is 0 Å². The zero-order chi connectivity index (χ0) is 16.0. The van der Waals surface area contributed by atoms with E-state index in [-0.39, 0.29) is 18.9 Å². The normalized spacial score (nSPS) is 13.3. The molecule has 1 unspecified atom stereocenters. The molecule has 1 rings (SSSR count). The van der Waals surface area contributed by atoms with Crippen molar-refractivity contribution in [2.75, 3.05) is 25.5 Å². The largest absolute Gasteiger partial charge is 0.415 e. The van der Waals surface area contributed by atoms with Gasteiger partial charge in [0.1, 0.15) is 0 Å². The van der Waals surface area contributed by atoms with Crippen LogP contribution in [-0.2, 0) is 4.79 Å². The molecule has 0 aromatic heterocycles. The maximum atomic E-state index is 12.2. The van der Waals surface area contributed by atoms with Gasteiger partial charge < -0.3 is 15.3 Å². The van der Waals surface area contributed by atoms with Crippen LogP contribution in [-0.4, -0.2) is 48.3 Å². The average molecular weight is 304 g/mol. The molecule has 1 amide bonds. The zero-order valence-corrected chi connectivity index (χ0v) is 11.9. The number of hydrogen-bond donors (Lipinski definition) is 2. The summed E-state index contributed by atoms with van der Waals surface area (Å²) in [6, 6.07) is 7.23. The smallest absolute Gasteiger partial charge is 0.382 e. The number of amides is 1. The van der Waals surface area contributed by atoms with E-state index in [0.29, 0.717) is 5.69 Å². The summed E-state index contributed by atoms with van der Waals surface area (Å²) in [4.78, 5) is 13.0. The molecule has 1 aromatic rings. The lowest BCUT2D eigenvalue weighted by Crippen LogP contribution is -2.40. The fraction of sp³-hybridized carbons (Fsp3) is 0.500. The number of benzene rings is 1. The molecular formula is C14H19F3N2O2. The van der Waals surface area contributed by atoms with Crippen LogP contribution < -0.4 is 5.32 Å². The number of anilines is 1. The highest BCUT2D eigenvalue weighted by molar-refractivity contribution is 5.91. The Morgan fingerprint density at radius 2 is 2.00 bits per heavy atom. The number of carbonyl (C=O) groups excluding carboxylic acids is 1. The molecule has 118 valence electrons. The highest BCUT2D eigenvalue weighted by Crippen LogP contribution is 2.20. The van der Waals surface area contributed by atoms with Crippen LogP contribution in [0.25, 0.3) is 0 Å². The molecule has 21 heavy (non-hydrogen) atoms. The molecule has 0 saturated heterocycles. The van der Waals surface area contributed by atoms with Crippen molar-refractivity contribution >= 4 is 11.6 Å². The summed E-state index contributed by atoms with van der Waals surface area (Å²) in [6.07, 6.45) is -6.99. The molecule has 0 radical (unpaired) electrons. The Bertz CT molecular complexity index is 478. The van der Waals surface area contributed by atoms with Crippen LogP contribution in [0.2, 0.25) is 0 Å². The summed E-state index contributed by atoms with van der Waals surface area (Å²) in [5.41, 5.74) is 1.59. The van der Waals surface area contributed by atoms with Gasteiger partial charge in [0.2, 0.25) is 5.91 Å². The van der Waals surface area contributed by atoms with Crippen molar-refractivity contribution < 1.29 is 23.1 Å². The number of nitrogens with one attached hydrogen (secondary N) is 1. The number of likely N-dealkylation sites (N-methyl/N-ethyl adjacent to an activating group) is 1. The number of aliphatic hydroxyl groups is 1. The van der Waals surface area contributed by atoms with Crippen molar-refractivity contribution in [3.63, 3.8) is 0 Å². The van der Waals surface area contributed by atoms with E-state index in [2.05, 4.69) is 5.32 Å². The lowest BCUT2D eigenvalue weighted by atomic mass is 10.2. The van der Waals surface area contributed by atoms with Crippen molar-refractivity contribution in [2.45, 2.75) is 25.6 Å². The molecule has 0 spiro atoms. The quantitative estimate of drug-likeness (QED) is 0.847. The first-order chi connectivity index (χ1) is 9.70. The van der Waals surface area contributed by atoms with Crippen LogP contribution in [0.5, 0.6) is 0 Å². The van der Waals surface area contributed by atoms with E-state index in [0.717, 1.165) is 5.56 Å². The SMILES string of the molecule is Cc1ccccc1NC(=O)CCN(C)CC(O)C(F)(F)F. The van der Waals surface area contributed by atoms with Crippen LogP contribution in [0.3, 0.4) is 0 Å². The summed E-state index contributed by atoms with van der Waals surface area (Å²) in [5, 5.41) is 11.6. The molecule has 0 saturated carbocycles. The Balaban J connectivity index is 2.38. The van der Waals surface area contributed by atoms with Crippen LogP contribution in [0.4, 0.5) is 18.9 Å². The molecule has 0 heterocycles. The van der Waals surface area contributed by atoms with Gasteiger partial charge in [-0.1, -0.05) is 18.2 Å². The predicted molar refractivity (Wildman–Crippen MR) is 74.0 cm³/mol. The molecule has 0 aliphatic heterocycles. The van der Waals surface area contributed by atoms with Gasteiger partial charge in [-0.2, -0.15) is 13.2 Å². The first kappa shape index (κ1) is 17.5. The number of carbonyl (C=O) groups is 1. The summed E-state index contributed by atoms with van der Waals surface area (Å²) in [7, 11) is 1.43. The second-order valence-corrected chi connectivity index (χ2v) is 4.93. The van der Waals surface area contributed by atoms with Gasteiger partial charge in [0.15, 0.2) is 6.10 Å². The van der Waals surface area contributed by atoms with E-state index in [1.165, 1.54) is 11.9 Å². The van der Waals surface area contributed by atoms with Crippen molar-refractivity contribution in [3.8, 4) is 0 Å². The molecular weight excluding hydrogens is 285 g/mol. The molecule has 0 bridgehead atoms. The predicted octanol–water partition coefficient (Wildman–Crippen LogP) is 2.18. The lowest BCUT2D eigenvalue weighted by Gasteiger charge is -2.22. The van der Waals surface area contributed by atoms with Crippen molar-refractivity contribution in [1.29, 1.82) is 0 Å². The molecule has 0 fully saturated rings. The number of halogens is 3. The highest BCUT2D eigenvalue weighted by Gasteiger charge is 2.38. The first-order valence-electron chi connectivity index (χ1n) is 6.49. The Morgan fingerprint density at radius 3 is 2.57 bits per heavy atom. The third-order valence-electron chi connectivity index (χ3n) is 3.00. The number of aryl methyl sites for hydroxylation is 1. The van der Waals surface area contributed by atoms with Gasteiger partial charge in [-0.25, -0.2) is 0 Å². The standard InChI is InChI=1S/C14H19F3N2O2/c1-10-5-3-4-6-11(10)18-13(21)7-8-19(2)9-12(20)14(15,16)17/h3-6,12,20H,7-9H2,1-2H3,(H,18,21). The van der Waals surface area contributed by atoms with Crippen LogP contribution in [0.15, 0.2) is 24.3 Å². The summed E-state index contributed by atoms with van der Waals surface area (Å²) in [5.74, 6) is -0.280. The minimum absolute atomic E-state index is 0.0510. The van der Waals surface area contributed by atoms with Crippen LogP contribution >= 0.6 is 0 Å². The summed E-state index contributed by atoms with van der Waals surface area (Å²) < 4.78 is 36.6. The molecule has 7 heteroatoms. The van der Waals surface area contributed by atoms with Gasteiger partial charge >= 0.3 is 6.18 Å². The van der Waals surface area contributed by atoms with Gasteiger partial charge in [0.25, 0.3) is 0 Å². The van der Waals surface area contributed by atoms with Gasteiger partial charge in [-0.05, 0) is 25.6 Å². The molecule has 4 nitrogen and oxygen atoms in total. The monoisotopic (exact) mass is 304 g/mol. The maximum Gasteiger partial charge on any atom is 0.415 e. The number of aliphatic hydroxyl groups excluding tert-OH is 1. The second kappa shape index (κ2) is 7.42. The van der Waals surface area contributed by atoms with Gasteiger partial charge in [-0.15, -0.1) is 0 Å². The second-order valence-electron chi connectivity index (χ2n) is 4.93. The average Bonchev–Trinajstić information content (AvgIpc) is 2.38. The van der Waals surface area contributed by atoms with Crippen LogP contribution in [0, 0.1) is 6.92 Å². The molecule has 0 aliphatic carbocycles. The Hall–Kier alpha value is -1.60. The minimum Gasteiger partial charge on any atom is -0.382 e. The fourth-order valence-electron chi connectivity index (χ4n) is 1.71. The summed E-state index contributed by atoms with van der Waals surface area (Å²) in [6.45, 7) is 1.42. The van der Waals surface area contributed by atoms with Gasteiger partial charge in [0, 0.05) is 25.2 Å². The van der Waals surface area contributed by atoms with Crippen molar-refractivity contribution in [3.05, 3.63) is 29.8 Å². The summed E-state index contributed by atoms with van der Waals surface area (Å²) >= 11 is 0. The van der Waals surface area contributed by atoms with Crippen molar-refractivity contribution in [2.24, 2.45) is 0 Å². The molecule has 1 atom stereocenters. The Morgan fingerprint density at radius 1 is 1.38 bits per heavy atom. The number of para-hydroxylation sites is 1. The van der Waals surface area contributed by atoms with Crippen LogP contribution in [0.1, 0.15) is 12.0 Å². The number of hydrogen-bond acceptors (Lipinski definition) is 3. The van der Waals surface area contributed by atoms with E-state index in [9.17, 15) is 18.0 Å². The van der Waals surface area contributed by atoms with E-state index in [4.69, 9.17) is 5.11 Å². The minimum atomic E-state index is -4.64. The highest BCUT2D eigenvalue weighted by atomic mass is 19.4. The number of nitrogens with zero attached hydrogens (tertiary/aromatic N) is 1. The fourth-order valence-corrected chi connectivity index (χ4v) is 1.71. The zero-order valence-electron chi connectivity index (χ0n) is 11.9. The third-order valence-corrected chi connectivity index (χ3v) is 3.00. The number of rotatable bonds is 6. The van der Waals surface area contributed by atoms with E-state index in [1.807, 2.05) is 19.1 Å². The molecule has 2 N–H and O–H groups in total. The maximum absolute atomic E-state index is 12.2. The van der Waals surface area contributed by atoms with Crippen molar-refractivity contribution in [1.82, 2.24) is 4.90 Å². The Kier molecular flexibility index (Phi) is 6.17. The third kappa shape index (κ3) is 6.14. The van der Waals surface area contributed by atoms with E-state index in [1.54, 1.807) is 12.1 Å². The first-order valence-corrected chi connectivity index (χ1v) is 6.49.